The number of rotatable bonds is 2. The largest absolute Gasteiger partial charge is 0.485 e. The van der Waals surface area contributed by atoms with Crippen LogP contribution in [-0.2, 0) is 17.8 Å². The molecular weight excluding hydrogens is 342 g/mol. The number of benzene rings is 2. The molecule has 6 heteroatoms. The van der Waals surface area contributed by atoms with Crippen molar-refractivity contribution in [2.45, 2.75) is 19.1 Å². The summed E-state index contributed by atoms with van der Waals surface area (Å²) in [7, 11) is 0. The maximum absolute atomic E-state index is 13.0. The van der Waals surface area contributed by atoms with Gasteiger partial charge in [0, 0.05) is 36.3 Å². The van der Waals surface area contributed by atoms with Gasteiger partial charge in [0.25, 0.3) is 5.91 Å². The lowest BCUT2D eigenvalue weighted by Gasteiger charge is -2.32. The molecule has 1 N–H and O–H groups in total. The Kier molecular flexibility index (Phi) is 3.81. The van der Waals surface area contributed by atoms with Crippen molar-refractivity contribution in [1.82, 2.24) is 15.1 Å². The zero-order chi connectivity index (χ0) is 18.2. The van der Waals surface area contributed by atoms with Gasteiger partial charge in [0.2, 0.25) is 6.10 Å². The Morgan fingerprint density at radius 2 is 1.85 bits per heavy atom. The van der Waals surface area contributed by atoms with E-state index in [2.05, 4.69) is 10.2 Å². The fraction of sp³-hybridized carbons (Fsp3) is 0.238. The van der Waals surface area contributed by atoms with Gasteiger partial charge < -0.3 is 14.4 Å². The maximum atomic E-state index is 13.0. The lowest BCUT2D eigenvalue weighted by Crippen LogP contribution is -2.47. The summed E-state index contributed by atoms with van der Waals surface area (Å²) >= 11 is 0. The van der Waals surface area contributed by atoms with Gasteiger partial charge in [-0.05, 0) is 12.1 Å². The molecule has 3 aromatic rings. The number of H-pyrrole nitrogens is 1. The number of hydrogen-bond donors (Lipinski definition) is 1. The standard InChI is InChI=1S/C21H19N3O3/c25-21(19-13-26-17-8-4-5-9-18(17)27-19)24-11-10-16-15(12-24)20(23-22-16)14-6-2-1-3-7-14/h1-9,19H,10-13H2,(H,22,23)/t19-/m0/s1. The second-order valence-electron chi connectivity index (χ2n) is 6.77. The first-order valence-corrected chi connectivity index (χ1v) is 9.08. The van der Waals surface area contributed by atoms with E-state index in [0.717, 1.165) is 28.9 Å². The van der Waals surface area contributed by atoms with Gasteiger partial charge in [0.1, 0.15) is 6.61 Å². The van der Waals surface area contributed by atoms with Crippen molar-refractivity contribution in [2.24, 2.45) is 0 Å². The van der Waals surface area contributed by atoms with Gasteiger partial charge in [-0.2, -0.15) is 5.10 Å². The zero-order valence-corrected chi connectivity index (χ0v) is 14.7. The number of amides is 1. The second kappa shape index (κ2) is 6.46. The van der Waals surface area contributed by atoms with E-state index in [1.165, 1.54) is 0 Å². The molecule has 136 valence electrons. The van der Waals surface area contributed by atoms with Crippen LogP contribution in [-0.4, -0.2) is 40.3 Å². The minimum Gasteiger partial charge on any atom is -0.485 e. The fourth-order valence-corrected chi connectivity index (χ4v) is 3.66. The number of carbonyl (C=O) groups is 1. The Morgan fingerprint density at radius 3 is 2.70 bits per heavy atom. The molecule has 0 aliphatic carbocycles. The van der Waals surface area contributed by atoms with Gasteiger partial charge in [0.15, 0.2) is 11.5 Å². The van der Waals surface area contributed by atoms with Crippen LogP contribution in [0.4, 0.5) is 0 Å². The highest BCUT2D eigenvalue weighted by molar-refractivity contribution is 5.82. The number of para-hydroxylation sites is 2. The highest BCUT2D eigenvalue weighted by Crippen LogP contribution is 2.33. The lowest BCUT2D eigenvalue weighted by molar-refractivity contribution is -0.142. The molecule has 0 bridgehead atoms. The van der Waals surface area contributed by atoms with Gasteiger partial charge in [-0.15, -0.1) is 0 Å². The zero-order valence-electron chi connectivity index (χ0n) is 14.7. The fourth-order valence-electron chi connectivity index (χ4n) is 3.66. The van der Waals surface area contributed by atoms with Crippen LogP contribution in [0.5, 0.6) is 11.5 Å². The Balaban J connectivity index is 1.37. The molecule has 5 rings (SSSR count). The van der Waals surface area contributed by atoms with Crippen LogP contribution in [0.1, 0.15) is 11.3 Å². The molecule has 0 saturated heterocycles. The van der Waals surface area contributed by atoms with E-state index in [9.17, 15) is 4.79 Å². The van der Waals surface area contributed by atoms with Gasteiger partial charge in [-0.1, -0.05) is 42.5 Å². The summed E-state index contributed by atoms with van der Waals surface area (Å²) in [6.07, 6.45) is 0.138. The number of ether oxygens (including phenoxy) is 2. The quantitative estimate of drug-likeness (QED) is 0.762. The monoisotopic (exact) mass is 361 g/mol. The van der Waals surface area contributed by atoms with Crippen molar-refractivity contribution in [3.63, 3.8) is 0 Å². The number of aromatic nitrogens is 2. The summed E-state index contributed by atoms with van der Waals surface area (Å²) in [4.78, 5) is 14.9. The number of carbonyl (C=O) groups excluding carboxylic acids is 1. The molecule has 3 heterocycles. The predicted octanol–water partition coefficient (Wildman–Crippen LogP) is 2.80. The predicted molar refractivity (Wildman–Crippen MR) is 99.5 cm³/mol. The van der Waals surface area contributed by atoms with E-state index in [1.54, 1.807) is 0 Å². The van der Waals surface area contributed by atoms with E-state index < -0.39 is 6.10 Å². The first-order chi connectivity index (χ1) is 13.3. The maximum Gasteiger partial charge on any atom is 0.267 e. The minimum absolute atomic E-state index is 0.0460. The third-order valence-corrected chi connectivity index (χ3v) is 5.08. The van der Waals surface area contributed by atoms with Crippen LogP contribution in [0.2, 0.25) is 0 Å². The summed E-state index contributed by atoms with van der Waals surface area (Å²) in [6, 6.07) is 17.5. The number of nitrogens with one attached hydrogen (secondary N) is 1. The number of aromatic amines is 1. The van der Waals surface area contributed by atoms with E-state index in [0.29, 0.717) is 24.6 Å². The van der Waals surface area contributed by atoms with Gasteiger partial charge in [-0.3, -0.25) is 9.89 Å². The molecule has 1 atom stereocenters. The van der Waals surface area contributed by atoms with Gasteiger partial charge in [-0.25, -0.2) is 0 Å². The normalized spacial score (nSPS) is 18.1. The molecule has 6 nitrogen and oxygen atoms in total. The Labute approximate surface area is 156 Å². The summed E-state index contributed by atoms with van der Waals surface area (Å²) in [6.45, 7) is 1.40. The van der Waals surface area contributed by atoms with Crippen molar-refractivity contribution in [3.05, 3.63) is 65.9 Å². The number of fused-ring (bicyclic) bond motifs is 2. The van der Waals surface area contributed by atoms with Gasteiger partial charge in [0.05, 0.1) is 5.69 Å². The average molecular weight is 361 g/mol. The molecule has 0 unspecified atom stereocenters. The second-order valence-corrected chi connectivity index (χ2v) is 6.77. The van der Waals surface area contributed by atoms with Crippen molar-refractivity contribution in [2.75, 3.05) is 13.2 Å². The van der Waals surface area contributed by atoms with Crippen LogP contribution < -0.4 is 9.47 Å². The highest BCUT2D eigenvalue weighted by Gasteiger charge is 2.34. The molecule has 2 aromatic carbocycles. The molecule has 0 spiro atoms. The summed E-state index contributed by atoms with van der Waals surface area (Å²) < 4.78 is 11.6. The Hall–Kier alpha value is -3.28. The molecule has 1 amide bonds. The molecule has 0 radical (unpaired) electrons. The van der Waals surface area contributed by atoms with Crippen LogP contribution in [0, 0.1) is 0 Å². The first-order valence-electron chi connectivity index (χ1n) is 9.08. The summed E-state index contributed by atoms with van der Waals surface area (Å²) in [5.74, 6) is 1.26. The van der Waals surface area contributed by atoms with E-state index in [1.807, 2.05) is 59.5 Å². The van der Waals surface area contributed by atoms with E-state index in [4.69, 9.17) is 9.47 Å². The number of hydrogen-bond acceptors (Lipinski definition) is 4. The van der Waals surface area contributed by atoms with Crippen molar-refractivity contribution >= 4 is 5.91 Å². The van der Waals surface area contributed by atoms with Crippen molar-refractivity contribution < 1.29 is 14.3 Å². The highest BCUT2D eigenvalue weighted by atomic mass is 16.6. The van der Waals surface area contributed by atoms with Crippen LogP contribution in [0.3, 0.4) is 0 Å². The Bertz CT molecular complexity index is 983. The molecule has 0 fully saturated rings. The molecule has 2 aliphatic rings. The average Bonchev–Trinajstić information content (AvgIpc) is 3.17. The third-order valence-electron chi connectivity index (χ3n) is 5.08. The van der Waals surface area contributed by atoms with Gasteiger partial charge >= 0.3 is 0 Å². The van der Waals surface area contributed by atoms with E-state index >= 15 is 0 Å². The van der Waals surface area contributed by atoms with Crippen molar-refractivity contribution in [1.29, 1.82) is 0 Å². The first kappa shape index (κ1) is 15.9. The third kappa shape index (κ3) is 2.83. The number of nitrogens with zero attached hydrogens (tertiary/aromatic N) is 2. The molecule has 2 aliphatic heterocycles. The van der Waals surface area contributed by atoms with Crippen LogP contribution >= 0.6 is 0 Å². The summed E-state index contributed by atoms with van der Waals surface area (Å²) in [5.41, 5.74) is 4.15. The Morgan fingerprint density at radius 1 is 1.07 bits per heavy atom. The molecule has 1 aromatic heterocycles. The van der Waals surface area contributed by atoms with E-state index in [-0.39, 0.29) is 12.5 Å². The topological polar surface area (TPSA) is 67.5 Å². The minimum atomic E-state index is -0.617. The summed E-state index contributed by atoms with van der Waals surface area (Å²) in [5, 5.41) is 7.62. The van der Waals surface area contributed by atoms with Crippen molar-refractivity contribution in [3.8, 4) is 22.8 Å². The van der Waals surface area contributed by atoms with Crippen LogP contribution in [0.15, 0.2) is 54.6 Å². The SMILES string of the molecule is O=C([C@@H]1COc2ccccc2O1)N1CCc2[nH]nc(-c3ccccc3)c2C1. The molecule has 27 heavy (non-hydrogen) atoms. The lowest BCUT2D eigenvalue weighted by atomic mass is 10.0. The molecule has 0 saturated carbocycles. The smallest absolute Gasteiger partial charge is 0.267 e. The van der Waals surface area contributed by atoms with Crippen LogP contribution in [0.25, 0.3) is 11.3 Å². The molecular formula is C21H19N3O3.